The van der Waals surface area contributed by atoms with Gasteiger partial charge in [0.05, 0.1) is 25.0 Å². The van der Waals surface area contributed by atoms with Crippen LogP contribution in [0.3, 0.4) is 0 Å². The number of pyridine rings is 1. The lowest BCUT2D eigenvalue weighted by atomic mass is 9.87. The smallest absolute Gasteiger partial charge is 0.258 e. The molecular formula is C21H25N3O2. The van der Waals surface area contributed by atoms with Crippen molar-refractivity contribution in [3.63, 3.8) is 0 Å². The number of ether oxygens (including phenoxy) is 1. The van der Waals surface area contributed by atoms with Crippen LogP contribution in [0.5, 0.6) is 5.75 Å². The lowest BCUT2D eigenvalue weighted by molar-refractivity contribution is 0.416. The molecule has 0 aliphatic carbocycles. The third-order valence-electron chi connectivity index (χ3n) is 4.46. The molecule has 2 heterocycles. The highest BCUT2D eigenvalue weighted by Crippen LogP contribution is 2.31. The summed E-state index contributed by atoms with van der Waals surface area (Å²) in [6.45, 7) is 8.92. The number of nitrogens with one attached hydrogen (secondary N) is 1. The normalized spacial score (nSPS) is 11.6. The van der Waals surface area contributed by atoms with Gasteiger partial charge in [0.1, 0.15) is 11.4 Å². The van der Waals surface area contributed by atoms with E-state index in [0.717, 1.165) is 17.0 Å². The highest BCUT2D eigenvalue weighted by atomic mass is 16.5. The molecule has 0 bridgehead atoms. The SMILES string of the molecule is COc1ccc(C(C)(C)C)cc1NCc1cc(=O)n2cccc(C)c2n1. The molecule has 0 saturated carbocycles. The maximum absolute atomic E-state index is 12.3. The fraction of sp³-hybridized carbons (Fsp3) is 0.333. The van der Waals surface area contributed by atoms with Crippen molar-refractivity contribution in [1.82, 2.24) is 9.38 Å². The predicted molar refractivity (Wildman–Crippen MR) is 105 cm³/mol. The van der Waals surface area contributed by atoms with E-state index in [-0.39, 0.29) is 11.0 Å². The maximum Gasteiger partial charge on any atom is 0.258 e. The molecule has 1 aromatic carbocycles. The third kappa shape index (κ3) is 3.57. The van der Waals surface area contributed by atoms with Gasteiger partial charge < -0.3 is 10.1 Å². The summed E-state index contributed by atoms with van der Waals surface area (Å²) in [5.41, 5.74) is 4.43. The molecule has 0 radical (unpaired) electrons. The Kier molecular flexibility index (Phi) is 4.72. The summed E-state index contributed by atoms with van der Waals surface area (Å²) in [7, 11) is 1.65. The molecule has 0 spiro atoms. The predicted octanol–water partition coefficient (Wildman–Crippen LogP) is 3.92. The highest BCUT2D eigenvalue weighted by Gasteiger charge is 2.16. The van der Waals surface area contributed by atoms with E-state index in [2.05, 4.69) is 43.2 Å². The maximum atomic E-state index is 12.3. The zero-order valence-electron chi connectivity index (χ0n) is 16.0. The van der Waals surface area contributed by atoms with Crippen LogP contribution < -0.4 is 15.6 Å². The first kappa shape index (κ1) is 18.0. The summed E-state index contributed by atoms with van der Waals surface area (Å²) in [5, 5.41) is 3.37. The summed E-state index contributed by atoms with van der Waals surface area (Å²) in [5.74, 6) is 0.770. The number of hydrogen-bond acceptors (Lipinski definition) is 4. The Balaban J connectivity index is 1.93. The standard InChI is InChI=1S/C21H25N3O2/c1-14-7-6-10-24-19(25)12-16(23-20(14)24)13-22-17-11-15(21(2,3)4)8-9-18(17)26-5/h6-12,22H,13H2,1-5H3. The van der Waals surface area contributed by atoms with E-state index in [1.54, 1.807) is 23.8 Å². The first-order valence-corrected chi connectivity index (χ1v) is 8.70. The Morgan fingerprint density at radius 2 is 1.96 bits per heavy atom. The Morgan fingerprint density at radius 1 is 1.19 bits per heavy atom. The minimum absolute atomic E-state index is 0.0415. The van der Waals surface area contributed by atoms with Gasteiger partial charge in [-0.05, 0) is 41.7 Å². The van der Waals surface area contributed by atoms with Gasteiger partial charge in [0.15, 0.2) is 0 Å². The molecular weight excluding hydrogens is 326 g/mol. The van der Waals surface area contributed by atoms with Crippen LogP contribution in [-0.2, 0) is 12.0 Å². The molecule has 0 aliphatic rings. The summed E-state index contributed by atoms with van der Waals surface area (Å²) in [4.78, 5) is 17.0. The second kappa shape index (κ2) is 6.83. The van der Waals surface area contributed by atoms with Gasteiger partial charge in [0.25, 0.3) is 5.56 Å². The van der Waals surface area contributed by atoms with Gasteiger partial charge in [-0.3, -0.25) is 9.20 Å². The largest absolute Gasteiger partial charge is 0.495 e. The molecule has 1 N–H and O–H groups in total. The number of aryl methyl sites for hydroxylation is 1. The average Bonchev–Trinajstić information content (AvgIpc) is 2.60. The lowest BCUT2D eigenvalue weighted by Gasteiger charge is -2.21. The van der Waals surface area contributed by atoms with Crippen molar-refractivity contribution in [2.45, 2.75) is 39.7 Å². The van der Waals surface area contributed by atoms with Gasteiger partial charge in [-0.25, -0.2) is 4.98 Å². The van der Waals surface area contributed by atoms with E-state index >= 15 is 0 Å². The second-order valence-corrected chi connectivity index (χ2v) is 7.49. The number of aromatic nitrogens is 2. The summed E-state index contributed by atoms with van der Waals surface area (Å²) in [6.07, 6.45) is 1.74. The summed E-state index contributed by atoms with van der Waals surface area (Å²) < 4.78 is 7.03. The van der Waals surface area contributed by atoms with E-state index in [9.17, 15) is 4.79 Å². The number of fused-ring (bicyclic) bond motifs is 1. The Labute approximate surface area is 153 Å². The van der Waals surface area contributed by atoms with E-state index in [4.69, 9.17) is 4.74 Å². The minimum atomic E-state index is -0.0779. The van der Waals surface area contributed by atoms with Crippen molar-refractivity contribution in [1.29, 1.82) is 0 Å². The van der Waals surface area contributed by atoms with Crippen LogP contribution in [0.25, 0.3) is 5.65 Å². The summed E-state index contributed by atoms with van der Waals surface area (Å²) in [6, 6.07) is 11.5. The zero-order chi connectivity index (χ0) is 18.9. The van der Waals surface area contributed by atoms with Crippen LogP contribution in [0.2, 0.25) is 0 Å². The molecule has 0 fully saturated rings. The lowest BCUT2D eigenvalue weighted by Crippen LogP contribution is -2.17. The number of hydrogen-bond donors (Lipinski definition) is 1. The molecule has 5 heteroatoms. The first-order valence-electron chi connectivity index (χ1n) is 8.70. The van der Waals surface area contributed by atoms with Crippen LogP contribution in [0.1, 0.15) is 37.6 Å². The topological polar surface area (TPSA) is 55.6 Å². The third-order valence-corrected chi connectivity index (χ3v) is 4.46. The van der Waals surface area contributed by atoms with Crippen molar-refractivity contribution in [3.05, 3.63) is 69.8 Å². The monoisotopic (exact) mass is 351 g/mol. The van der Waals surface area contributed by atoms with Crippen LogP contribution in [0, 0.1) is 6.92 Å². The molecule has 0 amide bonds. The fourth-order valence-electron chi connectivity index (χ4n) is 2.90. The van der Waals surface area contributed by atoms with E-state index < -0.39 is 0 Å². The van der Waals surface area contributed by atoms with Crippen molar-refractivity contribution >= 4 is 11.3 Å². The quantitative estimate of drug-likeness (QED) is 0.774. The molecule has 3 aromatic rings. The molecule has 136 valence electrons. The van der Waals surface area contributed by atoms with Gasteiger partial charge in [-0.2, -0.15) is 0 Å². The van der Waals surface area contributed by atoms with Crippen LogP contribution in [0.4, 0.5) is 5.69 Å². The van der Waals surface area contributed by atoms with Crippen molar-refractivity contribution in [2.24, 2.45) is 0 Å². The number of methoxy groups -OCH3 is 1. The molecule has 5 nitrogen and oxygen atoms in total. The zero-order valence-corrected chi connectivity index (χ0v) is 16.0. The fourth-order valence-corrected chi connectivity index (χ4v) is 2.90. The van der Waals surface area contributed by atoms with Crippen LogP contribution in [-0.4, -0.2) is 16.5 Å². The number of nitrogens with zero attached hydrogens (tertiary/aromatic N) is 2. The van der Waals surface area contributed by atoms with Crippen molar-refractivity contribution < 1.29 is 4.74 Å². The van der Waals surface area contributed by atoms with Crippen molar-refractivity contribution in [2.75, 3.05) is 12.4 Å². The Bertz CT molecular complexity index is 1000. The van der Waals surface area contributed by atoms with Gasteiger partial charge in [0, 0.05) is 12.3 Å². The molecule has 26 heavy (non-hydrogen) atoms. The minimum Gasteiger partial charge on any atom is -0.495 e. The highest BCUT2D eigenvalue weighted by molar-refractivity contribution is 5.59. The molecule has 3 rings (SSSR count). The number of benzene rings is 1. The van der Waals surface area contributed by atoms with Crippen LogP contribution in [0.15, 0.2) is 47.4 Å². The molecule has 0 aliphatic heterocycles. The van der Waals surface area contributed by atoms with Gasteiger partial charge in [0.2, 0.25) is 0 Å². The van der Waals surface area contributed by atoms with E-state index in [0.29, 0.717) is 17.9 Å². The van der Waals surface area contributed by atoms with Crippen LogP contribution >= 0.6 is 0 Å². The summed E-state index contributed by atoms with van der Waals surface area (Å²) >= 11 is 0. The van der Waals surface area contributed by atoms with Gasteiger partial charge in [-0.1, -0.05) is 32.9 Å². The van der Waals surface area contributed by atoms with Gasteiger partial charge in [-0.15, -0.1) is 0 Å². The number of rotatable bonds is 4. The molecule has 0 unspecified atom stereocenters. The second-order valence-electron chi connectivity index (χ2n) is 7.49. The van der Waals surface area contributed by atoms with Gasteiger partial charge >= 0.3 is 0 Å². The Morgan fingerprint density at radius 3 is 2.65 bits per heavy atom. The molecule has 0 atom stereocenters. The molecule has 0 saturated heterocycles. The first-order chi connectivity index (χ1) is 12.3. The Hall–Kier alpha value is -2.82. The van der Waals surface area contributed by atoms with Crippen molar-refractivity contribution in [3.8, 4) is 5.75 Å². The van der Waals surface area contributed by atoms with E-state index in [1.165, 1.54) is 5.56 Å². The average molecular weight is 351 g/mol. The number of anilines is 1. The van der Waals surface area contributed by atoms with E-state index in [1.807, 2.05) is 25.1 Å². The molecule has 2 aromatic heterocycles.